The normalized spacial score (nSPS) is 14.0. The third-order valence-electron chi connectivity index (χ3n) is 5.42. The Morgan fingerprint density at radius 3 is 2.67 bits per heavy atom. The molecule has 2 heterocycles. The molecule has 0 spiro atoms. The summed E-state index contributed by atoms with van der Waals surface area (Å²) in [5.74, 6) is 0.201. The Hall–Kier alpha value is -3.41. The van der Waals surface area contributed by atoms with Crippen LogP contribution in [0.4, 0.5) is 15.8 Å². The SMILES string of the molecule is N#Cc1c(F)cccc1N1CCN(CC(=O)Nc2cccc(CSc3ccccn3)c2)CC1. The fourth-order valence-electron chi connectivity index (χ4n) is 3.77. The third kappa shape index (κ3) is 6.09. The number of hydrogen-bond acceptors (Lipinski definition) is 6. The van der Waals surface area contributed by atoms with E-state index >= 15 is 0 Å². The summed E-state index contributed by atoms with van der Waals surface area (Å²) in [6, 6.07) is 20.3. The lowest BCUT2D eigenvalue weighted by atomic mass is 10.1. The molecule has 0 atom stereocenters. The van der Waals surface area contributed by atoms with Crippen molar-refractivity contribution in [3.8, 4) is 6.07 Å². The molecular formula is C25H24FN5OS. The maximum absolute atomic E-state index is 13.9. The van der Waals surface area contributed by atoms with E-state index in [4.69, 9.17) is 0 Å². The van der Waals surface area contributed by atoms with Crippen LogP contribution in [0.3, 0.4) is 0 Å². The summed E-state index contributed by atoms with van der Waals surface area (Å²) in [5.41, 5.74) is 2.57. The average Bonchev–Trinajstić information content (AvgIpc) is 2.84. The van der Waals surface area contributed by atoms with Gasteiger partial charge in [0.1, 0.15) is 17.4 Å². The minimum atomic E-state index is -0.502. The molecule has 0 radical (unpaired) electrons. The number of anilines is 2. The Morgan fingerprint density at radius 1 is 1.09 bits per heavy atom. The number of carbonyl (C=O) groups excluding carboxylic acids is 1. The molecule has 3 aromatic rings. The standard InChI is InChI=1S/C25H24FN5OS/c26-22-7-4-8-23(21(22)16-27)31-13-11-30(12-14-31)17-24(32)29-20-6-3-5-19(15-20)18-33-25-9-1-2-10-28-25/h1-10,15H,11-14,17-18H2,(H,29,32). The molecule has 0 aliphatic carbocycles. The molecule has 1 saturated heterocycles. The van der Waals surface area contributed by atoms with Crippen LogP contribution >= 0.6 is 11.8 Å². The molecule has 0 unspecified atom stereocenters. The number of nitrogens with one attached hydrogen (secondary N) is 1. The Labute approximate surface area is 197 Å². The van der Waals surface area contributed by atoms with Gasteiger partial charge in [-0.15, -0.1) is 11.8 Å². The predicted octanol–water partition coefficient (Wildman–Crippen LogP) is 4.15. The van der Waals surface area contributed by atoms with Crippen molar-refractivity contribution in [3.05, 3.63) is 83.8 Å². The Bertz CT molecular complexity index is 1140. The molecular weight excluding hydrogens is 437 g/mol. The molecule has 0 saturated carbocycles. The summed E-state index contributed by atoms with van der Waals surface area (Å²) in [6.45, 7) is 2.87. The first-order chi connectivity index (χ1) is 16.1. The number of halogens is 1. The van der Waals surface area contributed by atoms with Crippen LogP contribution in [0.15, 0.2) is 71.9 Å². The van der Waals surface area contributed by atoms with Crippen LogP contribution in [0, 0.1) is 17.1 Å². The zero-order valence-corrected chi connectivity index (χ0v) is 18.9. The van der Waals surface area contributed by atoms with Crippen molar-refractivity contribution >= 4 is 29.0 Å². The number of hydrogen-bond donors (Lipinski definition) is 1. The van der Waals surface area contributed by atoms with Crippen LogP contribution in [-0.2, 0) is 10.5 Å². The van der Waals surface area contributed by atoms with Gasteiger partial charge in [0.05, 0.1) is 17.3 Å². The van der Waals surface area contributed by atoms with Gasteiger partial charge in [-0.1, -0.05) is 24.3 Å². The van der Waals surface area contributed by atoms with Crippen LogP contribution in [0.5, 0.6) is 0 Å². The number of nitriles is 1. The second kappa shape index (κ2) is 10.9. The Balaban J connectivity index is 1.27. The molecule has 168 valence electrons. The number of thioether (sulfide) groups is 1. The highest BCUT2D eigenvalue weighted by Crippen LogP contribution is 2.24. The minimum Gasteiger partial charge on any atom is -0.368 e. The molecule has 1 amide bonds. The van der Waals surface area contributed by atoms with Crippen molar-refractivity contribution in [2.24, 2.45) is 0 Å². The number of pyridine rings is 1. The van der Waals surface area contributed by atoms with Crippen molar-refractivity contribution in [1.82, 2.24) is 9.88 Å². The monoisotopic (exact) mass is 461 g/mol. The van der Waals surface area contributed by atoms with Gasteiger partial charge in [0, 0.05) is 43.8 Å². The molecule has 2 aromatic carbocycles. The predicted molar refractivity (Wildman–Crippen MR) is 129 cm³/mol. The third-order valence-corrected chi connectivity index (χ3v) is 6.43. The number of piperazine rings is 1. The van der Waals surface area contributed by atoms with Crippen molar-refractivity contribution < 1.29 is 9.18 Å². The zero-order chi connectivity index (χ0) is 23.0. The fourth-order valence-corrected chi connectivity index (χ4v) is 4.57. The van der Waals surface area contributed by atoms with Gasteiger partial charge in [-0.25, -0.2) is 9.37 Å². The first-order valence-electron chi connectivity index (χ1n) is 10.7. The smallest absolute Gasteiger partial charge is 0.238 e. The molecule has 6 nitrogen and oxygen atoms in total. The quantitative estimate of drug-likeness (QED) is 0.533. The van der Waals surface area contributed by atoms with Gasteiger partial charge in [-0.05, 0) is 42.0 Å². The zero-order valence-electron chi connectivity index (χ0n) is 18.1. The number of carbonyl (C=O) groups is 1. The summed E-state index contributed by atoms with van der Waals surface area (Å²) < 4.78 is 13.9. The first kappa shape index (κ1) is 22.8. The van der Waals surface area contributed by atoms with Crippen LogP contribution in [0.1, 0.15) is 11.1 Å². The van der Waals surface area contributed by atoms with Gasteiger partial charge in [0.15, 0.2) is 0 Å². The van der Waals surface area contributed by atoms with Crippen molar-refractivity contribution in [1.29, 1.82) is 5.26 Å². The summed E-state index contributed by atoms with van der Waals surface area (Å²) in [7, 11) is 0. The van der Waals surface area contributed by atoms with E-state index in [2.05, 4.69) is 15.2 Å². The topological polar surface area (TPSA) is 72.3 Å². The number of nitrogens with zero attached hydrogens (tertiary/aromatic N) is 4. The van der Waals surface area contributed by atoms with Gasteiger partial charge in [-0.3, -0.25) is 9.69 Å². The molecule has 1 aromatic heterocycles. The van der Waals surface area contributed by atoms with E-state index < -0.39 is 5.82 Å². The second-order valence-corrected chi connectivity index (χ2v) is 8.71. The summed E-state index contributed by atoms with van der Waals surface area (Å²) >= 11 is 1.65. The first-order valence-corrected chi connectivity index (χ1v) is 11.7. The van der Waals surface area contributed by atoms with Crippen LogP contribution in [-0.4, -0.2) is 48.5 Å². The van der Waals surface area contributed by atoms with E-state index in [1.807, 2.05) is 53.4 Å². The molecule has 33 heavy (non-hydrogen) atoms. The van der Waals surface area contributed by atoms with Gasteiger partial charge >= 0.3 is 0 Å². The van der Waals surface area contributed by atoms with E-state index in [-0.39, 0.29) is 18.0 Å². The van der Waals surface area contributed by atoms with Gasteiger partial charge in [0.2, 0.25) is 5.91 Å². The lowest BCUT2D eigenvalue weighted by Gasteiger charge is -2.36. The van der Waals surface area contributed by atoms with E-state index in [0.29, 0.717) is 31.9 Å². The lowest BCUT2D eigenvalue weighted by molar-refractivity contribution is -0.117. The van der Waals surface area contributed by atoms with Crippen molar-refractivity contribution in [3.63, 3.8) is 0 Å². The number of benzene rings is 2. The maximum Gasteiger partial charge on any atom is 0.238 e. The van der Waals surface area contributed by atoms with Gasteiger partial charge < -0.3 is 10.2 Å². The molecule has 4 rings (SSSR count). The lowest BCUT2D eigenvalue weighted by Crippen LogP contribution is -2.48. The molecule has 1 aliphatic rings. The largest absolute Gasteiger partial charge is 0.368 e. The van der Waals surface area contributed by atoms with Crippen LogP contribution < -0.4 is 10.2 Å². The second-order valence-electron chi connectivity index (χ2n) is 7.71. The van der Waals surface area contributed by atoms with E-state index in [1.54, 1.807) is 30.1 Å². The highest BCUT2D eigenvalue weighted by molar-refractivity contribution is 7.98. The summed E-state index contributed by atoms with van der Waals surface area (Å²) in [4.78, 5) is 21.0. The van der Waals surface area contributed by atoms with Gasteiger partial charge in [0.25, 0.3) is 0 Å². The number of aromatic nitrogens is 1. The van der Waals surface area contributed by atoms with E-state index in [9.17, 15) is 14.4 Å². The average molecular weight is 462 g/mol. The number of amides is 1. The van der Waals surface area contributed by atoms with Crippen molar-refractivity contribution in [2.45, 2.75) is 10.8 Å². The minimum absolute atomic E-state index is 0.0681. The van der Waals surface area contributed by atoms with E-state index in [1.165, 1.54) is 6.07 Å². The molecule has 0 bridgehead atoms. The Kier molecular flexibility index (Phi) is 7.55. The Morgan fingerprint density at radius 2 is 1.91 bits per heavy atom. The molecule has 1 fully saturated rings. The van der Waals surface area contributed by atoms with Crippen LogP contribution in [0.25, 0.3) is 0 Å². The number of rotatable bonds is 7. The molecule has 1 aliphatic heterocycles. The van der Waals surface area contributed by atoms with Crippen molar-refractivity contribution in [2.75, 3.05) is 42.9 Å². The van der Waals surface area contributed by atoms with Crippen LogP contribution in [0.2, 0.25) is 0 Å². The molecule has 1 N–H and O–H groups in total. The summed E-state index contributed by atoms with van der Waals surface area (Å²) in [5, 5.41) is 13.2. The summed E-state index contributed by atoms with van der Waals surface area (Å²) in [6.07, 6.45) is 1.78. The fraction of sp³-hybridized carbons (Fsp3) is 0.240. The van der Waals surface area contributed by atoms with E-state index in [0.717, 1.165) is 22.0 Å². The molecule has 8 heteroatoms. The maximum atomic E-state index is 13.9. The highest BCUT2D eigenvalue weighted by atomic mass is 32.2. The van der Waals surface area contributed by atoms with Gasteiger partial charge in [-0.2, -0.15) is 5.26 Å². The highest BCUT2D eigenvalue weighted by Gasteiger charge is 2.22.